The number of hydrogen-bond acceptors (Lipinski definition) is 3. The molecule has 0 unspecified atom stereocenters. The number of fused-ring (bicyclic) bond motifs is 1. The highest BCUT2D eigenvalue weighted by molar-refractivity contribution is 5.96. The molecule has 0 spiro atoms. The highest BCUT2D eigenvalue weighted by atomic mass is 16.2. The Morgan fingerprint density at radius 2 is 2.05 bits per heavy atom. The molecule has 1 aromatic carbocycles. The third-order valence-electron chi connectivity index (χ3n) is 4.48. The minimum absolute atomic E-state index is 0.210. The number of rotatable bonds is 2. The summed E-state index contributed by atoms with van der Waals surface area (Å²) >= 11 is 0. The molecule has 1 saturated heterocycles. The monoisotopic (exact) mass is 273 g/mol. The van der Waals surface area contributed by atoms with Crippen molar-refractivity contribution in [2.75, 3.05) is 39.3 Å². The lowest BCUT2D eigenvalue weighted by Gasteiger charge is -2.34. The molecular weight excluding hydrogens is 250 g/mol. The summed E-state index contributed by atoms with van der Waals surface area (Å²) in [5, 5.41) is 3.38. The summed E-state index contributed by atoms with van der Waals surface area (Å²) < 4.78 is 0. The Labute approximate surface area is 120 Å². The van der Waals surface area contributed by atoms with Crippen molar-refractivity contribution >= 4 is 5.91 Å². The van der Waals surface area contributed by atoms with Gasteiger partial charge in [0.25, 0.3) is 5.91 Å². The Balaban J connectivity index is 1.78. The van der Waals surface area contributed by atoms with E-state index in [1.165, 1.54) is 11.1 Å². The maximum Gasteiger partial charge on any atom is 0.254 e. The Morgan fingerprint density at radius 3 is 2.80 bits per heavy atom. The standard InChI is InChI=1S/C16H23N3O/c1-2-18-8-10-19(11-9-18)16(20)14-5-3-4-13-6-7-17-12-15(13)14/h3-5,17H,2,6-12H2,1H3. The summed E-state index contributed by atoms with van der Waals surface area (Å²) in [5.74, 6) is 0.210. The van der Waals surface area contributed by atoms with Gasteiger partial charge in [0, 0.05) is 38.3 Å². The number of hydrogen-bond donors (Lipinski definition) is 1. The van der Waals surface area contributed by atoms with Gasteiger partial charge in [-0.25, -0.2) is 0 Å². The van der Waals surface area contributed by atoms with E-state index in [1.54, 1.807) is 0 Å². The van der Waals surface area contributed by atoms with Gasteiger partial charge in [-0.05, 0) is 36.7 Å². The second kappa shape index (κ2) is 5.94. The van der Waals surface area contributed by atoms with Crippen LogP contribution in [0.2, 0.25) is 0 Å². The molecule has 0 radical (unpaired) electrons. The SMILES string of the molecule is CCN1CCN(C(=O)c2cccc3c2CNCC3)CC1. The van der Waals surface area contributed by atoms with Crippen molar-refractivity contribution in [2.45, 2.75) is 19.9 Å². The Morgan fingerprint density at radius 1 is 1.25 bits per heavy atom. The Bertz CT molecular complexity index is 492. The molecular formula is C16H23N3O. The van der Waals surface area contributed by atoms with E-state index in [-0.39, 0.29) is 5.91 Å². The number of benzene rings is 1. The van der Waals surface area contributed by atoms with E-state index >= 15 is 0 Å². The van der Waals surface area contributed by atoms with Gasteiger partial charge in [0.05, 0.1) is 0 Å². The molecule has 0 saturated carbocycles. The molecule has 2 heterocycles. The first-order valence-corrected chi connectivity index (χ1v) is 7.62. The van der Waals surface area contributed by atoms with Crippen LogP contribution in [-0.4, -0.2) is 55.0 Å². The lowest BCUT2D eigenvalue weighted by atomic mass is 9.95. The third-order valence-corrected chi connectivity index (χ3v) is 4.48. The molecule has 0 aromatic heterocycles. The van der Waals surface area contributed by atoms with Crippen LogP contribution in [0, 0.1) is 0 Å². The largest absolute Gasteiger partial charge is 0.336 e. The number of likely N-dealkylation sites (N-methyl/N-ethyl adjacent to an activating group) is 1. The van der Waals surface area contributed by atoms with Gasteiger partial charge in [0.2, 0.25) is 0 Å². The first-order chi connectivity index (χ1) is 9.79. The zero-order valence-electron chi connectivity index (χ0n) is 12.2. The van der Waals surface area contributed by atoms with Crippen molar-refractivity contribution in [1.82, 2.24) is 15.1 Å². The summed E-state index contributed by atoms with van der Waals surface area (Å²) in [6.07, 6.45) is 1.03. The minimum Gasteiger partial charge on any atom is -0.336 e. The maximum absolute atomic E-state index is 12.7. The molecule has 1 aromatic rings. The summed E-state index contributed by atoms with van der Waals surface area (Å²) in [6.45, 7) is 8.79. The summed E-state index contributed by atoms with van der Waals surface area (Å²) in [6, 6.07) is 6.17. The lowest BCUT2D eigenvalue weighted by Crippen LogP contribution is -2.48. The fourth-order valence-electron chi connectivity index (χ4n) is 3.15. The van der Waals surface area contributed by atoms with E-state index < -0.39 is 0 Å². The predicted octanol–water partition coefficient (Wildman–Crippen LogP) is 1.11. The molecule has 0 atom stereocenters. The van der Waals surface area contributed by atoms with Gasteiger partial charge in [0.1, 0.15) is 0 Å². The predicted molar refractivity (Wildman–Crippen MR) is 79.9 cm³/mol. The molecule has 0 aliphatic carbocycles. The number of nitrogens with one attached hydrogen (secondary N) is 1. The Kier molecular flexibility index (Phi) is 4.03. The van der Waals surface area contributed by atoms with E-state index in [9.17, 15) is 4.79 Å². The highest BCUT2D eigenvalue weighted by Gasteiger charge is 2.24. The summed E-state index contributed by atoms with van der Waals surface area (Å²) in [5.41, 5.74) is 3.45. The minimum atomic E-state index is 0.210. The van der Waals surface area contributed by atoms with Crippen molar-refractivity contribution in [3.8, 4) is 0 Å². The molecule has 3 rings (SSSR count). The fourth-order valence-corrected chi connectivity index (χ4v) is 3.15. The average Bonchev–Trinajstić information content (AvgIpc) is 2.54. The van der Waals surface area contributed by atoms with Crippen LogP contribution in [0.3, 0.4) is 0 Å². The smallest absolute Gasteiger partial charge is 0.254 e. The number of carbonyl (C=O) groups excluding carboxylic acids is 1. The number of amides is 1. The van der Waals surface area contributed by atoms with Gasteiger partial charge in [-0.15, -0.1) is 0 Å². The van der Waals surface area contributed by atoms with E-state index in [1.807, 2.05) is 17.0 Å². The van der Waals surface area contributed by atoms with Crippen LogP contribution in [0.15, 0.2) is 18.2 Å². The maximum atomic E-state index is 12.7. The lowest BCUT2D eigenvalue weighted by molar-refractivity contribution is 0.0642. The topological polar surface area (TPSA) is 35.6 Å². The van der Waals surface area contributed by atoms with Crippen molar-refractivity contribution in [3.63, 3.8) is 0 Å². The fraction of sp³-hybridized carbons (Fsp3) is 0.562. The molecule has 1 N–H and O–H groups in total. The molecule has 0 bridgehead atoms. The zero-order chi connectivity index (χ0) is 13.9. The molecule has 108 valence electrons. The van der Waals surface area contributed by atoms with Crippen LogP contribution in [0.5, 0.6) is 0 Å². The number of carbonyl (C=O) groups is 1. The quantitative estimate of drug-likeness (QED) is 0.877. The van der Waals surface area contributed by atoms with Gasteiger partial charge in [0.15, 0.2) is 0 Å². The van der Waals surface area contributed by atoms with Crippen molar-refractivity contribution < 1.29 is 4.79 Å². The van der Waals surface area contributed by atoms with Crippen molar-refractivity contribution in [1.29, 1.82) is 0 Å². The van der Waals surface area contributed by atoms with Crippen LogP contribution < -0.4 is 5.32 Å². The third kappa shape index (κ3) is 2.58. The molecule has 4 nitrogen and oxygen atoms in total. The van der Waals surface area contributed by atoms with Crippen molar-refractivity contribution in [3.05, 3.63) is 34.9 Å². The highest BCUT2D eigenvalue weighted by Crippen LogP contribution is 2.20. The molecule has 1 amide bonds. The Hall–Kier alpha value is -1.39. The molecule has 4 heteroatoms. The molecule has 2 aliphatic rings. The first-order valence-electron chi connectivity index (χ1n) is 7.62. The van der Waals surface area contributed by atoms with E-state index in [4.69, 9.17) is 0 Å². The van der Waals surface area contributed by atoms with Gasteiger partial charge >= 0.3 is 0 Å². The number of piperazine rings is 1. The zero-order valence-corrected chi connectivity index (χ0v) is 12.2. The van der Waals surface area contributed by atoms with Crippen LogP contribution in [0.25, 0.3) is 0 Å². The first kappa shape index (κ1) is 13.6. The summed E-state index contributed by atoms with van der Waals surface area (Å²) in [4.78, 5) is 17.2. The molecule has 1 fully saturated rings. The van der Waals surface area contributed by atoms with Gasteiger partial charge < -0.3 is 15.1 Å². The molecule has 2 aliphatic heterocycles. The van der Waals surface area contributed by atoms with Crippen LogP contribution in [-0.2, 0) is 13.0 Å². The van der Waals surface area contributed by atoms with Gasteiger partial charge in [-0.3, -0.25) is 4.79 Å². The number of nitrogens with zero attached hydrogens (tertiary/aromatic N) is 2. The van der Waals surface area contributed by atoms with Crippen molar-refractivity contribution in [2.24, 2.45) is 0 Å². The average molecular weight is 273 g/mol. The second-order valence-electron chi connectivity index (χ2n) is 5.60. The van der Waals surface area contributed by atoms with E-state index in [0.29, 0.717) is 0 Å². The van der Waals surface area contributed by atoms with Crippen LogP contribution >= 0.6 is 0 Å². The second-order valence-corrected chi connectivity index (χ2v) is 5.60. The van der Waals surface area contributed by atoms with E-state index in [2.05, 4.69) is 23.2 Å². The van der Waals surface area contributed by atoms with Crippen LogP contribution in [0.1, 0.15) is 28.4 Å². The van der Waals surface area contributed by atoms with Gasteiger partial charge in [-0.1, -0.05) is 19.1 Å². The molecule has 20 heavy (non-hydrogen) atoms. The van der Waals surface area contributed by atoms with E-state index in [0.717, 1.165) is 57.8 Å². The van der Waals surface area contributed by atoms with Gasteiger partial charge in [-0.2, -0.15) is 0 Å². The van der Waals surface area contributed by atoms with Crippen LogP contribution in [0.4, 0.5) is 0 Å². The normalized spacial score (nSPS) is 19.8. The summed E-state index contributed by atoms with van der Waals surface area (Å²) in [7, 11) is 0.